The van der Waals surface area contributed by atoms with Crippen molar-refractivity contribution in [2.45, 2.75) is 53.0 Å². The molecule has 0 fully saturated rings. The first-order valence-electron chi connectivity index (χ1n) is 12.7. The number of nitrogens with zero attached hydrogens (tertiary/aromatic N) is 1. The number of carbonyl (C=O) groups is 1. The lowest BCUT2D eigenvalue weighted by molar-refractivity contribution is 0.0663. The Bertz CT molecular complexity index is 1310. The number of fused-ring (bicyclic) bond motifs is 2. The average molecular weight is 494 g/mol. The van der Waals surface area contributed by atoms with Crippen molar-refractivity contribution in [3.63, 3.8) is 0 Å². The standard InChI is InChI=1S/C29H35NO6/c1-6-8-9-13-35-22-11-10-20(17-23(22)34-7-2)25-24-26(31)21-16-18(3)15-19(4)27(21)36-28(24)29(32)30(25)12-14-33-5/h10-11,15-17,25H,6-9,12-14H2,1-5H3. The summed E-state index contributed by atoms with van der Waals surface area (Å²) >= 11 is 0. The number of methoxy groups -OCH3 is 1. The fraction of sp³-hybridized carbons (Fsp3) is 0.448. The molecule has 0 bridgehead atoms. The van der Waals surface area contributed by atoms with Crippen LogP contribution in [0.1, 0.15) is 72.0 Å². The Morgan fingerprint density at radius 2 is 1.78 bits per heavy atom. The minimum atomic E-state index is -0.613. The second kappa shape index (κ2) is 11.2. The van der Waals surface area contributed by atoms with Crippen molar-refractivity contribution >= 4 is 16.9 Å². The maximum absolute atomic E-state index is 13.8. The quantitative estimate of drug-likeness (QED) is 0.325. The van der Waals surface area contributed by atoms with Crippen LogP contribution in [0.2, 0.25) is 0 Å². The monoisotopic (exact) mass is 493 g/mol. The van der Waals surface area contributed by atoms with Crippen LogP contribution in [0.4, 0.5) is 0 Å². The smallest absolute Gasteiger partial charge is 0.290 e. The Morgan fingerprint density at radius 3 is 2.50 bits per heavy atom. The zero-order valence-corrected chi connectivity index (χ0v) is 21.8. The van der Waals surface area contributed by atoms with Crippen LogP contribution in [0.25, 0.3) is 11.0 Å². The molecule has 7 heteroatoms. The van der Waals surface area contributed by atoms with Gasteiger partial charge in [-0.15, -0.1) is 0 Å². The van der Waals surface area contributed by atoms with E-state index in [0.717, 1.165) is 36.0 Å². The van der Waals surface area contributed by atoms with E-state index in [1.165, 1.54) is 0 Å². The first-order valence-corrected chi connectivity index (χ1v) is 12.7. The molecular weight excluding hydrogens is 458 g/mol. The summed E-state index contributed by atoms with van der Waals surface area (Å²) in [4.78, 5) is 29.0. The van der Waals surface area contributed by atoms with Crippen molar-refractivity contribution in [1.82, 2.24) is 4.90 Å². The van der Waals surface area contributed by atoms with E-state index >= 15 is 0 Å². The van der Waals surface area contributed by atoms with Crippen molar-refractivity contribution in [2.24, 2.45) is 0 Å². The topological polar surface area (TPSA) is 78.2 Å². The molecule has 1 aliphatic heterocycles. The molecule has 2 heterocycles. The first-order chi connectivity index (χ1) is 17.4. The Labute approximate surface area is 212 Å². The molecule has 3 aromatic rings. The summed E-state index contributed by atoms with van der Waals surface area (Å²) in [5, 5.41) is 0.485. The van der Waals surface area contributed by atoms with E-state index < -0.39 is 6.04 Å². The van der Waals surface area contributed by atoms with Crippen molar-refractivity contribution in [3.8, 4) is 11.5 Å². The van der Waals surface area contributed by atoms with Gasteiger partial charge in [0.25, 0.3) is 5.91 Å². The van der Waals surface area contributed by atoms with Crippen molar-refractivity contribution in [1.29, 1.82) is 0 Å². The predicted octanol–water partition coefficient (Wildman–Crippen LogP) is 5.57. The number of aryl methyl sites for hydroxylation is 2. The van der Waals surface area contributed by atoms with Crippen LogP contribution < -0.4 is 14.9 Å². The highest BCUT2D eigenvalue weighted by atomic mass is 16.5. The van der Waals surface area contributed by atoms with Gasteiger partial charge in [-0.1, -0.05) is 31.9 Å². The lowest BCUT2D eigenvalue weighted by atomic mass is 9.97. The van der Waals surface area contributed by atoms with Crippen molar-refractivity contribution < 1.29 is 23.4 Å². The minimum Gasteiger partial charge on any atom is -0.490 e. The molecule has 4 rings (SSSR count). The lowest BCUT2D eigenvalue weighted by Gasteiger charge is -2.25. The molecular formula is C29H35NO6. The van der Waals surface area contributed by atoms with Gasteiger partial charge in [-0.25, -0.2) is 0 Å². The number of rotatable bonds is 11. The van der Waals surface area contributed by atoms with E-state index in [9.17, 15) is 9.59 Å². The first kappa shape index (κ1) is 25.8. The summed E-state index contributed by atoms with van der Waals surface area (Å²) in [5.41, 5.74) is 3.18. The molecule has 0 spiro atoms. The van der Waals surface area contributed by atoms with Gasteiger partial charge in [-0.05, 0) is 62.1 Å². The van der Waals surface area contributed by atoms with E-state index in [-0.39, 0.29) is 17.1 Å². The molecule has 1 aliphatic rings. The zero-order chi connectivity index (χ0) is 25.8. The number of ether oxygens (including phenoxy) is 3. The maximum Gasteiger partial charge on any atom is 0.290 e. The van der Waals surface area contributed by atoms with Crippen LogP contribution >= 0.6 is 0 Å². The van der Waals surface area contributed by atoms with Gasteiger partial charge < -0.3 is 23.5 Å². The highest BCUT2D eigenvalue weighted by molar-refractivity contribution is 5.99. The Kier molecular flexibility index (Phi) is 7.99. The molecule has 0 saturated carbocycles. The third kappa shape index (κ3) is 4.85. The van der Waals surface area contributed by atoms with Gasteiger partial charge >= 0.3 is 0 Å². The number of hydrogen-bond acceptors (Lipinski definition) is 6. The van der Waals surface area contributed by atoms with E-state index in [1.54, 1.807) is 12.0 Å². The van der Waals surface area contributed by atoms with Crippen molar-refractivity contribution in [3.05, 3.63) is 68.6 Å². The van der Waals surface area contributed by atoms with Gasteiger partial charge in [0, 0.05) is 13.7 Å². The molecule has 7 nitrogen and oxygen atoms in total. The molecule has 0 radical (unpaired) electrons. The SMILES string of the molecule is CCCCCOc1ccc(C2c3c(oc4c(C)cc(C)cc4c3=O)C(=O)N2CCOC)cc1OCC. The molecule has 1 unspecified atom stereocenters. The number of hydrogen-bond donors (Lipinski definition) is 0. The molecule has 0 aliphatic carbocycles. The van der Waals surface area contributed by atoms with E-state index in [1.807, 2.05) is 51.1 Å². The van der Waals surface area contributed by atoms with Crippen molar-refractivity contribution in [2.75, 3.05) is 33.5 Å². The fourth-order valence-corrected chi connectivity index (χ4v) is 4.86. The number of unbranched alkanes of at least 4 members (excludes halogenated alkanes) is 2. The summed E-state index contributed by atoms with van der Waals surface area (Å²) in [6.07, 6.45) is 3.18. The van der Waals surface area contributed by atoms with Crippen LogP contribution in [0.5, 0.6) is 11.5 Å². The molecule has 0 saturated heterocycles. The second-order valence-electron chi connectivity index (χ2n) is 9.22. The van der Waals surface area contributed by atoms with Gasteiger partial charge in [0.2, 0.25) is 5.76 Å². The lowest BCUT2D eigenvalue weighted by Crippen LogP contribution is -2.32. The molecule has 36 heavy (non-hydrogen) atoms. The number of carbonyl (C=O) groups excluding carboxylic acids is 1. The Balaban J connectivity index is 1.84. The second-order valence-corrected chi connectivity index (χ2v) is 9.22. The Morgan fingerprint density at radius 1 is 0.972 bits per heavy atom. The molecule has 192 valence electrons. The van der Waals surface area contributed by atoms with E-state index in [4.69, 9.17) is 18.6 Å². The zero-order valence-electron chi connectivity index (χ0n) is 21.8. The van der Waals surface area contributed by atoms with Crippen LogP contribution in [0.3, 0.4) is 0 Å². The van der Waals surface area contributed by atoms with Gasteiger partial charge in [-0.2, -0.15) is 0 Å². The van der Waals surface area contributed by atoms with Crippen LogP contribution in [0.15, 0.2) is 39.5 Å². The fourth-order valence-electron chi connectivity index (χ4n) is 4.86. The highest BCUT2D eigenvalue weighted by Gasteiger charge is 2.43. The molecule has 0 N–H and O–H groups in total. The minimum absolute atomic E-state index is 0.0957. The third-order valence-electron chi connectivity index (χ3n) is 6.52. The predicted molar refractivity (Wildman–Crippen MR) is 139 cm³/mol. The van der Waals surface area contributed by atoms with Crippen LogP contribution in [-0.2, 0) is 4.74 Å². The molecule has 1 aromatic heterocycles. The van der Waals surface area contributed by atoms with E-state index in [2.05, 4.69) is 6.92 Å². The van der Waals surface area contributed by atoms with Gasteiger partial charge in [-0.3, -0.25) is 9.59 Å². The molecule has 1 atom stereocenters. The van der Waals surface area contributed by atoms with Crippen LogP contribution in [-0.4, -0.2) is 44.3 Å². The molecule has 2 aromatic carbocycles. The summed E-state index contributed by atoms with van der Waals surface area (Å²) in [6.45, 7) is 9.62. The summed E-state index contributed by atoms with van der Waals surface area (Å²) in [6, 6.07) is 8.79. The number of amides is 1. The third-order valence-corrected chi connectivity index (χ3v) is 6.52. The van der Waals surface area contributed by atoms with E-state index in [0.29, 0.717) is 54.4 Å². The number of benzene rings is 2. The summed E-state index contributed by atoms with van der Waals surface area (Å²) in [7, 11) is 1.59. The summed E-state index contributed by atoms with van der Waals surface area (Å²) < 4.78 is 23.3. The van der Waals surface area contributed by atoms with Crippen LogP contribution in [0, 0.1) is 13.8 Å². The largest absolute Gasteiger partial charge is 0.490 e. The normalized spacial score (nSPS) is 15.0. The van der Waals surface area contributed by atoms with Gasteiger partial charge in [0.1, 0.15) is 5.58 Å². The highest BCUT2D eigenvalue weighted by Crippen LogP contribution is 2.41. The molecule has 1 amide bonds. The average Bonchev–Trinajstić information content (AvgIpc) is 3.14. The Hall–Kier alpha value is -3.32. The van der Waals surface area contributed by atoms with Gasteiger partial charge in [0.15, 0.2) is 16.9 Å². The summed E-state index contributed by atoms with van der Waals surface area (Å²) in [5.74, 6) is 1.03. The van der Waals surface area contributed by atoms with Gasteiger partial charge in [0.05, 0.1) is 36.8 Å². The maximum atomic E-state index is 13.8.